The molecule has 0 aliphatic rings. The molecule has 2 heterocycles. The maximum Gasteiger partial charge on any atom is 0.210 e. The van der Waals surface area contributed by atoms with E-state index >= 15 is 0 Å². The molecule has 0 aliphatic carbocycles. The van der Waals surface area contributed by atoms with E-state index < -0.39 is 5.82 Å². The maximum atomic E-state index is 13.7. The highest BCUT2D eigenvalue weighted by molar-refractivity contribution is 5.43. The Morgan fingerprint density at radius 2 is 1.86 bits per heavy atom. The molecular weight excluding hydrogens is 281 g/mol. The van der Waals surface area contributed by atoms with Crippen LogP contribution in [0.2, 0.25) is 0 Å². The van der Waals surface area contributed by atoms with Crippen molar-refractivity contribution in [3.63, 3.8) is 0 Å². The van der Waals surface area contributed by atoms with Crippen LogP contribution in [0.5, 0.6) is 11.5 Å². The normalized spacial score (nSPS) is 9.68. The van der Waals surface area contributed by atoms with E-state index in [1.165, 1.54) is 12.1 Å². The van der Waals surface area contributed by atoms with Crippen LogP contribution in [0.4, 0.5) is 4.39 Å². The Morgan fingerprint density at radius 1 is 1.00 bits per heavy atom. The van der Waals surface area contributed by atoms with E-state index in [4.69, 9.17) is 4.74 Å². The van der Waals surface area contributed by atoms with Crippen molar-refractivity contribution in [2.24, 2.45) is 0 Å². The number of rotatable bonds is 2. The van der Waals surface area contributed by atoms with Crippen LogP contribution < -0.4 is 9.72 Å². The standard InChI is InChI=1S/C17H10FN3O/c18-14-9-13(4-5-17-20-7-2-8-21-17)10-16(11-14)22-15-3-1-6-19-12-15/h1-3,6-12H/p+1. The van der Waals surface area contributed by atoms with Crippen molar-refractivity contribution in [1.82, 2.24) is 9.97 Å². The van der Waals surface area contributed by atoms with Gasteiger partial charge in [-0.2, -0.15) is 0 Å². The van der Waals surface area contributed by atoms with Gasteiger partial charge >= 0.3 is 0 Å². The molecule has 0 fully saturated rings. The monoisotopic (exact) mass is 292 g/mol. The fourth-order valence-electron chi connectivity index (χ4n) is 1.76. The van der Waals surface area contributed by atoms with Crippen LogP contribution >= 0.6 is 0 Å². The van der Waals surface area contributed by atoms with Crippen molar-refractivity contribution in [2.45, 2.75) is 0 Å². The molecule has 0 amide bonds. The molecule has 0 saturated carbocycles. The first-order valence-electron chi connectivity index (χ1n) is 6.53. The lowest BCUT2D eigenvalue weighted by molar-refractivity contribution is -0.378. The molecule has 0 spiro atoms. The van der Waals surface area contributed by atoms with Gasteiger partial charge in [-0.15, -0.1) is 0 Å². The highest BCUT2D eigenvalue weighted by Crippen LogP contribution is 2.22. The van der Waals surface area contributed by atoms with Gasteiger partial charge in [0, 0.05) is 30.1 Å². The molecule has 1 aromatic carbocycles. The predicted octanol–water partition coefficient (Wildman–Crippen LogP) is 2.62. The first kappa shape index (κ1) is 13.7. The number of nitrogens with zero attached hydrogens (tertiary/aromatic N) is 2. The van der Waals surface area contributed by atoms with Gasteiger partial charge in [0.15, 0.2) is 11.9 Å². The first-order chi connectivity index (χ1) is 10.8. The molecule has 4 nitrogen and oxygen atoms in total. The summed E-state index contributed by atoms with van der Waals surface area (Å²) >= 11 is 0. The number of pyridine rings is 1. The van der Waals surface area contributed by atoms with Gasteiger partial charge < -0.3 is 4.74 Å². The lowest BCUT2D eigenvalue weighted by atomic mass is 10.2. The van der Waals surface area contributed by atoms with E-state index in [0.717, 1.165) is 0 Å². The zero-order valence-electron chi connectivity index (χ0n) is 11.5. The predicted molar refractivity (Wildman–Crippen MR) is 77.5 cm³/mol. The number of hydrogen-bond donors (Lipinski definition) is 0. The molecule has 3 rings (SSSR count). The lowest BCUT2D eigenvalue weighted by Gasteiger charge is -2.04. The number of ether oxygens (including phenoxy) is 1. The average molecular weight is 292 g/mol. The summed E-state index contributed by atoms with van der Waals surface area (Å²) in [4.78, 5) is 10.9. The van der Waals surface area contributed by atoms with E-state index in [0.29, 0.717) is 22.9 Å². The molecule has 5 heteroatoms. The number of benzene rings is 1. The molecule has 3 aromatic rings. The molecular formula is C17H11FN3O+. The zero-order valence-corrected chi connectivity index (χ0v) is 11.5. The Labute approximate surface area is 126 Å². The van der Waals surface area contributed by atoms with E-state index in [1.807, 2.05) is 0 Å². The molecule has 0 bridgehead atoms. The second kappa shape index (κ2) is 6.46. The number of hydrogen-bond acceptors (Lipinski definition) is 3. The third kappa shape index (κ3) is 3.64. The summed E-state index contributed by atoms with van der Waals surface area (Å²) in [5.74, 6) is 6.52. The smallest absolute Gasteiger partial charge is 0.210 e. The molecule has 2 aromatic heterocycles. The lowest BCUT2D eigenvalue weighted by Crippen LogP contribution is -1.98. The van der Waals surface area contributed by atoms with Crippen molar-refractivity contribution in [3.8, 4) is 23.3 Å². The van der Waals surface area contributed by atoms with Crippen molar-refractivity contribution in [2.75, 3.05) is 0 Å². The summed E-state index contributed by atoms with van der Waals surface area (Å²) in [5, 5.41) is 0. The van der Waals surface area contributed by atoms with Crippen LogP contribution in [-0.2, 0) is 0 Å². The molecule has 1 N–H and O–H groups in total. The van der Waals surface area contributed by atoms with Crippen molar-refractivity contribution < 1.29 is 14.1 Å². The molecule has 0 unspecified atom stereocenters. The quantitative estimate of drug-likeness (QED) is 0.682. The number of nitrogens with one attached hydrogen (secondary N) is 1. The number of aromatic amines is 1. The summed E-state index contributed by atoms with van der Waals surface area (Å²) < 4.78 is 19.3. The number of halogens is 1. The third-order valence-electron chi connectivity index (χ3n) is 2.67. The van der Waals surface area contributed by atoms with Crippen LogP contribution in [0.3, 0.4) is 0 Å². The van der Waals surface area contributed by atoms with Crippen LogP contribution in [0.15, 0.2) is 61.2 Å². The second-order valence-corrected chi connectivity index (χ2v) is 4.34. The molecule has 22 heavy (non-hydrogen) atoms. The second-order valence-electron chi connectivity index (χ2n) is 4.34. The van der Waals surface area contributed by atoms with Gasteiger partial charge in [-0.25, -0.2) is 19.3 Å². The van der Waals surface area contributed by atoms with Crippen LogP contribution in [0, 0.1) is 17.7 Å². The summed E-state index contributed by atoms with van der Waals surface area (Å²) in [6, 6.07) is 9.56. The molecule has 0 radical (unpaired) electrons. The van der Waals surface area contributed by atoms with E-state index in [-0.39, 0.29) is 0 Å². The number of H-pyrrole nitrogens is 1. The Bertz CT molecular complexity index is 827. The average Bonchev–Trinajstić information content (AvgIpc) is 2.54. The van der Waals surface area contributed by atoms with Gasteiger partial charge in [0.25, 0.3) is 0 Å². The number of aromatic nitrogens is 3. The van der Waals surface area contributed by atoms with E-state index in [9.17, 15) is 4.39 Å². The first-order valence-corrected chi connectivity index (χ1v) is 6.53. The van der Waals surface area contributed by atoms with Gasteiger partial charge in [-0.05, 0) is 30.2 Å². The van der Waals surface area contributed by atoms with Crippen LogP contribution in [0.25, 0.3) is 0 Å². The topological polar surface area (TPSA) is 49.2 Å². The molecule has 0 saturated heterocycles. The van der Waals surface area contributed by atoms with E-state index in [1.54, 1.807) is 49.1 Å². The van der Waals surface area contributed by atoms with Gasteiger partial charge in [0.2, 0.25) is 12.0 Å². The van der Waals surface area contributed by atoms with Gasteiger partial charge in [-0.1, -0.05) is 5.92 Å². The van der Waals surface area contributed by atoms with Gasteiger partial charge in [0.1, 0.15) is 11.6 Å². The van der Waals surface area contributed by atoms with Gasteiger partial charge in [-0.3, -0.25) is 0 Å². The van der Waals surface area contributed by atoms with Gasteiger partial charge in [0.05, 0.1) is 0 Å². The van der Waals surface area contributed by atoms with Crippen LogP contribution in [0.1, 0.15) is 11.4 Å². The Kier molecular flexibility index (Phi) is 4.03. The summed E-state index contributed by atoms with van der Waals surface area (Å²) in [7, 11) is 0. The molecule has 0 aliphatic heterocycles. The minimum atomic E-state index is -0.421. The summed E-state index contributed by atoms with van der Waals surface area (Å²) in [6.45, 7) is 0. The van der Waals surface area contributed by atoms with Crippen molar-refractivity contribution in [3.05, 3.63) is 78.4 Å². The SMILES string of the molecule is Fc1cc(C#Cc2ncccn2)cc(Oc2ccc[nH+]c2)c1. The maximum absolute atomic E-state index is 13.7. The van der Waals surface area contributed by atoms with Crippen molar-refractivity contribution in [1.29, 1.82) is 0 Å². The fraction of sp³-hybridized carbons (Fsp3) is 0. The fourth-order valence-corrected chi connectivity index (χ4v) is 1.76. The minimum absolute atomic E-state index is 0.373. The largest absolute Gasteiger partial charge is 0.451 e. The third-order valence-corrected chi connectivity index (χ3v) is 2.67. The highest BCUT2D eigenvalue weighted by Gasteiger charge is 2.03. The summed E-state index contributed by atoms with van der Waals surface area (Å²) in [6.07, 6.45) is 6.63. The summed E-state index contributed by atoms with van der Waals surface area (Å²) in [5.41, 5.74) is 0.488. The Balaban J connectivity index is 1.86. The zero-order chi connectivity index (χ0) is 15.2. The minimum Gasteiger partial charge on any atom is -0.451 e. The molecule has 0 atom stereocenters. The van der Waals surface area contributed by atoms with Crippen molar-refractivity contribution >= 4 is 0 Å². The Morgan fingerprint density at radius 3 is 2.64 bits per heavy atom. The highest BCUT2D eigenvalue weighted by atomic mass is 19.1. The molecule has 106 valence electrons. The van der Waals surface area contributed by atoms with Crippen LogP contribution in [-0.4, -0.2) is 9.97 Å². The Hall–Kier alpha value is -3.26. The van der Waals surface area contributed by atoms with E-state index in [2.05, 4.69) is 26.8 Å².